The molecule has 1 aliphatic heterocycles. The molecule has 0 aromatic heterocycles. The van der Waals surface area contributed by atoms with Crippen molar-refractivity contribution in [3.63, 3.8) is 0 Å². The van der Waals surface area contributed by atoms with Crippen molar-refractivity contribution >= 4 is 11.9 Å². The molecule has 1 aliphatic rings. The Balaban J connectivity index is 1.72. The minimum Gasteiger partial charge on any atom is -0.507 e. The number of rotatable bonds is 6. The van der Waals surface area contributed by atoms with Gasteiger partial charge >= 0.3 is 5.97 Å². The number of hydrogen-bond acceptors (Lipinski definition) is 6. The lowest BCUT2D eigenvalue weighted by Crippen LogP contribution is -2.34. The van der Waals surface area contributed by atoms with Crippen LogP contribution in [-0.4, -0.2) is 49.3 Å². The Morgan fingerprint density at radius 3 is 2.69 bits per heavy atom. The number of phenolic OH excluding ortho intramolecular Hbond substituents is 1. The molecule has 1 saturated heterocycles. The molecule has 2 aromatic rings. The van der Waals surface area contributed by atoms with Crippen LogP contribution in [0.1, 0.15) is 40.4 Å². The van der Waals surface area contributed by atoms with Crippen LogP contribution in [0.3, 0.4) is 0 Å². The van der Waals surface area contributed by atoms with Gasteiger partial charge in [-0.3, -0.25) is 4.79 Å². The largest absolute Gasteiger partial charge is 0.507 e. The monoisotopic (exact) mass is 399 g/mol. The number of likely N-dealkylation sites (tertiary alicyclic amines) is 1. The molecule has 0 spiro atoms. The molecule has 1 fully saturated rings. The number of carbonyl (C=O) groups excluding carboxylic acids is 2. The lowest BCUT2D eigenvalue weighted by Gasteiger charge is -2.26. The second-order valence-corrected chi connectivity index (χ2v) is 6.90. The average Bonchev–Trinajstić information content (AvgIpc) is 3.23. The van der Waals surface area contributed by atoms with Crippen LogP contribution < -0.4 is 9.47 Å². The molecule has 1 atom stereocenters. The van der Waals surface area contributed by atoms with Gasteiger partial charge in [-0.05, 0) is 49.6 Å². The van der Waals surface area contributed by atoms with Crippen LogP contribution in [0.2, 0.25) is 0 Å². The Bertz CT molecular complexity index is 910. The Kier molecular flexibility index (Phi) is 6.26. The van der Waals surface area contributed by atoms with Gasteiger partial charge in [0.2, 0.25) is 0 Å². The van der Waals surface area contributed by atoms with E-state index in [2.05, 4.69) is 0 Å². The van der Waals surface area contributed by atoms with Gasteiger partial charge in [-0.25, -0.2) is 4.79 Å². The summed E-state index contributed by atoms with van der Waals surface area (Å²) in [6.07, 6.45) is 1.62. The molecule has 7 nitrogen and oxygen atoms in total. The lowest BCUT2D eigenvalue weighted by atomic mass is 10.0. The van der Waals surface area contributed by atoms with Gasteiger partial charge in [0.05, 0.1) is 20.3 Å². The summed E-state index contributed by atoms with van der Waals surface area (Å²) in [7, 11) is 3.17. The van der Waals surface area contributed by atoms with Gasteiger partial charge in [0.1, 0.15) is 22.8 Å². The van der Waals surface area contributed by atoms with Crippen LogP contribution in [0.4, 0.5) is 0 Å². The fourth-order valence-corrected chi connectivity index (χ4v) is 3.60. The van der Waals surface area contributed by atoms with E-state index in [9.17, 15) is 14.7 Å². The minimum absolute atomic E-state index is 0.0465. The fraction of sp³-hybridized carbons (Fsp3) is 0.364. The highest BCUT2D eigenvalue weighted by Gasteiger charge is 2.32. The van der Waals surface area contributed by atoms with Crippen LogP contribution in [0.5, 0.6) is 17.2 Å². The summed E-state index contributed by atoms with van der Waals surface area (Å²) < 4.78 is 15.9. The summed E-state index contributed by atoms with van der Waals surface area (Å²) in [5.41, 5.74) is 1.47. The third-order valence-electron chi connectivity index (χ3n) is 5.15. The van der Waals surface area contributed by atoms with Crippen molar-refractivity contribution in [2.24, 2.45) is 0 Å². The van der Waals surface area contributed by atoms with Gasteiger partial charge in [-0.2, -0.15) is 0 Å². The van der Waals surface area contributed by atoms with Crippen molar-refractivity contribution in [1.29, 1.82) is 0 Å². The molecule has 0 aliphatic carbocycles. The first kappa shape index (κ1) is 20.5. The second kappa shape index (κ2) is 8.86. The molecule has 29 heavy (non-hydrogen) atoms. The number of nitrogens with zero attached hydrogens (tertiary/aromatic N) is 1. The van der Waals surface area contributed by atoms with Crippen LogP contribution >= 0.6 is 0 Å². The Hall–Kier alpha value is -3.22. The molecule has 0 bridgehead atoms. The van der Waals surface area contributed by atoms with E-state index < -0.39 is 12.6 Å². The number of aryl methyl sites for hydroxylation is 1. The van der Waals surface area contributed by atoms with E-state index in [1.807, 2.05) is 12.1 Å². The second-order valence-electron chi connectivity index (χ2n) is 6.90. The van der Waals surface area contributed by atoms with Crippen LogP contribution in [0.25, 0.3) is 0 Å². The molecule has 1 N–H and O–H groups in total. The molecule has 1 heterocycles. The summed E-state index contributed by atoms with van der Waals surface area (Å²) in [5.74, 6) is 0.205. The van der Waals surface area contributed by atoms with Crippen molar-refractivity contribution in [1.82, 2.24) is 4.90 Å². The van der Waals surface area contributed by atoms with Gasteiger partial charge in [0.25, 0.3) is 5.91 Å². The Morgan fingerprint density at radius 2 is 1.97 bits per heavy atom. The molecule has 154 valence electrons. The maximum absolute atomic E-state index is 12.8. The Labute approximate surface area is 169 Å². The Morgan fingerprint density at radius 1 is 1.17 bits per heavy atom. The number of methoxy groups -OCH3 is 2. The molecule has 0 radical (unpaired) electrons. The average molecular weight is 399 g/mol. The number of benzene rings is 2. The predicted octanol–water partition coefficient (Wildman–Crippen LogP) is 3.24. The van der Waals surface area contributed by atoms with E-state index in [0.717, 1.165) is 18.4 Å². The molecule has 0 saturated carbocycles. The normalized spacial score (nSPS) is 15.8. The number of para-hydroxylation sites is 1. The standard InChI is InChI=1S/C22H25NO6/c1-14-6-4-7-16(21(14)25)22(26)29-13-20(24)23-11-5-8-18(23)17-12-15(27-2)9-10-19(17)28-3/h4,6-7,9-10,12,18,25H,5,8,11,13H2,1-3H3/t18-/m1/s1. The van der Waals surface area contributed by atoms with Gasteiger partial charge in [0.15, 0.2) is 6.61 Å². The van der Waals surface area contributed by atoms with Gasteiger partial charge in [0, 0.05) is 12.1 Å². The summed E-state index contributed by atoms with van der Waals surface area (Å²) in [4.78, 5) is 26.8. The molecule has 2 aromatic carbocycles. The minimum atomic E-state index is -0.728. The highest BCUT2D eigenvalue weighted by Crippen LogP contribution is 2.39. The number of phenols is 1. The third kappa shape index (κ3) is 4.29. The molecule has 3 rings (SSSR count). The lowest BCUT2D eigenvalue weighted by molar-refractivity contribution is -0.135. The predicted molar refractivity (Wildman–Crippen MR) is 106 cm³/mol. The number of ether oxygens (including phenoxy) is 3. The summed E-state index contributed by atoms with van der Waals surface area (Å²) in [6, 6.07) is 10.1. The van der Waals surface area contributed by atoms with E-state index in [0.29, 0.717) is 23.6 Å². The molecular weight excluding hydrogens is 374 g/mol. The maximum atomic E-state index is 12.8. The van der Waals surface area contributed by atoms with Crippen LogP contribution in [-0.2, 0) is 9.53 Å². The smallest absolute Gasteiger partial charge is 0.342 e. The molecular formula is C22H25NO6. The van der Waals surface area contributed by atoms with Gasteiger partial charge in [-0.15, -0.1) is 0 Å². The van der Waals surface area contributed by atoms with Crippen molar-refractivity contribution in [2.75, 3.05) is 27.4 Å². The van der Waals surface area contributed by atoms with Crippen LogP contribution in [0, 0.1) is 6.92 Å². The number of amides is 1. The van der Waals surface area contributed by atoms with E-state index in [1.165, 1.54) is 6.07 Å². The van der Waals surface area contributed by atoms with Crippen LogP contribution in [0.15, 0.2) is 36.4 Å². The van der Waals surface area contributed by atoms with E-state index in [1.54, 1.807) is 44.2 Å². The van der Waals surface area contributed by atoms with E-state index in [4.69, 9.17) is 14.2 Å². The quantitative estimate of drug-likeness (QED) is 0.751. The summed E-state index contributed by atoms with van der Waals surface area (Å²) in [6.45, 7) is 1.86. The maximum Gasteiger partial charge on any atom is 0.342 e. The molecule has 7 heteroatoms. The van der Waals surface area contributed by atoms with Crippen molar-refractivity contribution in [2.45, 2.75) is 25.8 Å². The van der Waals surface area contributed by atoms with Crippen molar-refractivity contribution < 1.29 is 28.9 Å². The zero-order valence-corrected chi connectivity index (χ0v) is 16.8. The zero-order chi connectivity index (χ0) is 21.0. The number of hydrogen-bond donors (Lipinski definition) is 1. The molecule has 1 amide bonds. The third-order valence-corrected chi connectivity index (χ3v) is 5.15. The highest BCUT2D eigenvalue weighted by atomic mass is 16.5. The van der Waals surface area contributed by atoms with Gasteiger partial charge < -0.3 is 24.2 Å². The molecule has 0 unspecified atom stereocenters. The van der Waals surface area contributed by atoms with Crippen molar-refractivity contribution in [3.8, 4) is 17.2 Å². The van der Waals surface area contributed by atoms with E-state index >= 15 is 0 Å². The fourth-order valence-electron chi connectivity index (χ4n) is 3.60. The number of esters is 1. The topological polar surface area (TPSA) is 85.3 Å². The number of aromatic hydroxyl groups is 1. The first-order chi connectivity index (χ1) is 14.0. The highest BCUT2D eigenvalue weighted by molar-refractivity contribution is 5.94. The number of carbonyl (C=O) groups is 2. The van der Waals surface area contributed by atoms with Crippen molar-refractivity contribution in [3.05, 3.63) is 53.1 Å². The first-order valence-corrected chi connectivity index (χ1v) is 9.43. The summed E-state index contributed by atoms with van der Waals surface area (Å²) >= 11 is 0. The summed E-state index contributed by atoms with van der Waals surface area (Å²) in [5, 5.41) is 10.0. The van der Waals surface area contributed by atoms with E-state index in [-0.39, 0.29) is 23.3 Å². The first-order valence-electron chi connectivity index (χ1n) is 9.43. The van der Waals surface area contributed by atoms with Gasteiger partial charge in [-0.1, -0.05) is 12.1 Å². The SMILES string of the molecule is COc1ccc(OC)c([C@H]2CCCN2C(=O)COC(=O)c2cccc(C)c2O)c1. The zero-order valence-electron chi connectivity index (χ0n) is 16.8.